The van der Waals surface area contributed by atoms with Crippen molar-refractivity contribution in [1.82, 2.24) is 0 Å². The van der Waals surface area contributed by atoms with E-state index in [2.05, 4.69) is 0 Å². The van der Waals surface area contributed by atoms with Crippen LogP contribution in [0, 0.1) is 0 Å². The molecule has 2 aromatic carbocycles. The summed E-state index contributed by atoms with van der Waals surface area (Å²) in [4.78, 5) is 0. The Hall–Kier alpha value is -2.82. The van der Waals surface area contributed by atoms with E-state index in [9.17, 15) is 0 Å². The second kappa shape index (κ2) is 7.45. The molecule has 0 radical (unpaired) electrons. The molecule has 2 aromatic rings. The van der Waals surface area contributed by atoms with Gasteiger partial charge in [-0.2, -0.15) is 0 Å². The summed E-state index contributed by atoms with van der Waals surface area (Å²) in [5.41, 5.74) is 8.31. The van der Waals surface area contributed by atoms with Crippen molar-refractivity contribution in [2.45, 2.75) is 0 Å². The third kappa shape index (κ3) is 3.51. The summed E-state index contributed by atoms with van der Waals surface area (Å²) in [6.07, 6.45) is 3.86. The van der Waals surface area contributed by atoms with Gasteiger partial charge in [0.25, 0.3) is 0 Å². The minimum Gasteiger partial charge on any atom is -0.493 e. The third-order valence-electron chi connectivity index (χ3n) is 3.38. The van der Waals surface area contributed by atoms with Gasteiger partial charge in [0.1, 0.15) is 0 Å². The van der Waals surface area contributed by atoms with E-state index in [4.69, 9.17) is 24.7 Å². The van der Waals surface area contributed by atoms with Gasteiger partial charge in [-0.05, 0) is 23.8 Å². The van der Waals surface area contributed by atoms with E-state index >= 15 is 0 Å². The maximum atomic E-state index is 5.80. The molecule has 0 aliphatic rings. The Morgan fingerprint density at radius 3 is 2.04 bits per heavy atom. The second-order valence-electron chi connectivity index (χ2n) is 4.77. The topological polar surface area (TPSA) is 62.9 Å². The van der Waals surface area contributed by atoms with Crippen LogP contribution in [0.2, 0.25) is 0 Å². The Balaban J connectivity index is 2.53. The van der Waals surface area contributed by atoms with E-state index < -0.39 is 0 Å². The van der Waals surface area contributed by atoms with Gasteiger partial charge in [-0.15, -0.1) is 0 Å². The molecule has 0 bridgehead atoms. The highest BCUT2D eigenvalue weighted by Crippen LogP contribution is 2.47. The van der Waals surface area contributed by atoms with Crippen LogP contribution in [0.25, 0.3) is 12.2 Å². The molecule has 2 rings (SSSR count). The molecule has 0 atom stereocenters. The van der Waals surface area contributed by atoms with Crippen molar-refractivity contribution in [2.75, 3.05) is 34.2 Å². The largest absolute Gasteiger partial charge is 0.493 e. The quantitative estimate of drug-likeness (QED) is 0.653. The van der Waals surface area contributed by atoms with Crippen molar-refractivity contribution in [1.29, 1.82) is 0 Å². The van der Waals surface area contributed by atoms with Crippen LogP contribution >= 0.6 is 0 Å². The monoisotopic (exact) mass is 315 g/mol. The number of benzene rings is 2. The molecular formula is C18H21NO4. The molecule has 0 heterocycles. The molecule has 0 fully saturated rings. The molecule has 5 nitrogen and oxygen atoms in total. The first kappa shape index (κ1) is 16.5. The zero-order chi connectivity index (χ0) is 16.8. The molecule has 0 spiro atoms. The highest BCUT2D eigenvalue weighted by molar-refractivity contribution is 5.78. The fraction of sp³-hybridized carbons (Fsp3) is 0.222. The van der Waals surface area contributed by atoms with E-state index in [0.29, 0.717) is 28.7 Å². The van der Waals surface area contributed by atoms with Gasteiger partial charge in [-0.25, -0.2) is 0 Å². The van der Waals surface area contributed by atoms with Gasteiger partial charge < -0.3 is 24.7 Å². The molecular weight excluding hydrogens is 294 g/mol. The molecule has 23 heavy (non-hydrogen) atoms. The predicted octanol–water partition coefficient (Wildman–Crippen LogP) is 3.47. The predicted molar refractivity (Wildman–Crippen MR) is 92.4 cm³/mol. The molecule has 0 aromatic heterocycles. The average Bonchev–Trinajstić information content (AvgIpc) is 2.58. The normalized spacial score (nSPS) is 10.6. The van der Waals surface area contributed by atoms with Crippen LogP contribution in [-0.4, -0.2) is 28.4 Å². The lowest BCUT2D eigenvalue weighted by atomic mass is 10.1. The number of hydrogen-bond acceptors (Lipinski definition) is 5. The smallest absolute Gasteiger partial charge is 0.207 e. The second-order valence-corrected chi connectivity index (χ2v) is 4.77. The Morgan fingerprint density at radius 2 is 1.48 bits per heavy atom. The molecule has 0 saturated heterocycles. The number of ether oxygens (including phenoxy) is 4. The van der Waals surface area contributed by atoms with E-state index in [-0.39, 0.29) is 0 Å². The number of rotatable bonds is 6. The lowest BCUT2D eigenvalue weighted by Crippen LogP contribution is -1.99. The fourth-order valence-corrected chi connectivity index (χ4v) is 2.33. The Labute approximate surface area is 136 Å². The first-order valence-electron chi connectivity index (χ1n) is 7.05. The lowest BCUT2D eigenvalue weighted by Gasteiger charge is -2.17. The van der Waals surface area contributed by atoms with Crippen molar-refractivity contribution < 1.29 is 18.9 Å². The number of nitrogen functional groups attached to an aromatic ring is 1. The summed E-state index contributed by atoms with van der Waals surface area (Å²) in [5.74, 6) is 2.12. The van der Waals surface area contributed by atoms with Gasteiger partial charge in [0.05, 0.1) is 28.4 Å². The molecule has 0 saturated carbocycles. The van der Waals surface area contributed by atoms with Crippen molar-refractivity contribution >= 4 is 17.8 Å². The van der Waals surface area contributed by atoms with Crippen LogP contribution in [0.1, 0.15) is 11.1 Å². The summed E-state index contributed by atoms with van der Waals surface area (Å²) < 4.78 is 21.7. The van der Waals surface area contributed by atoms with Crippen molar-refractivity contribution in [3.8, 4) is 23.0 Å². The zero-order valence-electron chi connectivity index (χ0n) is 13.8. The number of anilines is 1. The van der Waals surface area contributed by atoms with Gasteiger partial charge in [-0.1, -0.05) is 24.3 Å². The minimum absolute atomic E-state index is 0.488. The van der Waals surface area contributed by atoms with Crippen LogP contribution in [-0.2, 0) is 0 Å². The van der Waals surface area contributed by atoms with E-state index in [1.807, 2.05) is 42.5 Å². The SMILES string of the molecule is COc1cc(C=Cc2cccc(N)c2)c(OC)c(OC)c1OC. The van der Waals surface area contributed by atoms with Crippen LogP contribution in [0.5, 0.6) is 23.0 Å². The van der Waals surface area contributed by atoms with Crippen LogP contribution in [0.3, 0.4) is 0 Å². The maximum absolute atomic E-state index is 5.80. The van der Waals surface area contributed by atoms with Crippen molar-refractivity contribution in [2.24, 2.45) is 0 Å². The summed E-state index contributed by atoms with van der Waals surface area (Å²) in [6, 6.07) is 9.44. The van der Waals surface area contributed by atoms with Gasteiger partial charge in [-0.3, -0.25) is 0 Å². The molecule has 0 aliphatic heterocycles. The van der Waals surface area contributed by atoms with Crippen molar-refractivity contribution in [3.63, 3.8) is 0 Å². The Kier molecular flexibility index (Phi) is 5.36. The number of hydrogen-bond donors (Lipinski definition) is 1. The number of methoxy groups -OCH3 is 4. The summed E-state index contributed by atoms with van der Waals surface area (Å²) >= 11 is 0. The van der Waals surface area contributed by atoms with Crippen LogP contribution < -0.4 is 24.7 Å². The first-order valence-corrected chi connectivity index (χ1v) is 7.05. The fourth-order valence-electron chi connectivity index (χ4n) is 2.33. The Bertz CT molecular complexity index is 710. The molecule has 0 unspecified atom stereocenters. The lowest BCUT2D eigenvalue weighted by molar-refractivity contribution is 0.305. The summed E-state index contributed by atoms with van der Waals surface area (Å²) in [7, 11) is 6.28. The van der Waals surface area contributed by atoms with Gasteiger partial charge in [0.2, 0.25) is 11.5 Å². The molecule has 0 aliphatic carbocycles. The standard InChI is InChI=1S/C18H21NO4/c1-20-15-11-13(9-8-12-6-5-7-14(19)10-12)16(21-2)18(23-4)17(15)22-3/h5-11H,19H2,1-4H3. The van der Waals surface area contributed by atoms with Crippen LogP contribution in [0.15, 0.2) is 30.3 Å². The summed E-state index contributed by atoms with van der Waals surface area (Å²) in [6.45, 7) is 0. The van der Waals surface area contributed by atoms with Crippen LogP contribution in [0.4, 0.5) is 5.69 Å². The highest BCUT2D eigenvalue weighted by Gasteiger charge is 2.20. The molecule has 2 N–H and O–H groups in total. The van der Waals surface area contributed by atoms with Crippen molar-refractivity contribution in [3.05, 3.63) is 41.5 Å². The molecule has 122 valence electrons. The average molecular weight is 315 g/mol. The maximum Gasteiger partial charge on any atom is 0.207 e. The van der Waals surface area contributed by atoms with Gasteiger partial charge >= 0.3 is 0 Å². The third-order valence-corrected chi connectivity index (χ3v) is 3.38. The highest BCUT2D eigenvalue weighted by atomic mass is 16.5. The van der Waals surface area contributed by atoms with E-state index in [0.717, 1.165) is 11.1 Å². The summed E-state index contributed by atoms with van der Waals surface area (Å²) in [5, 5.41) is 0. The minimum atomic E-state index is 0.488. The number of nitrogens with two attached hydrogens (primary N) is 1. The van der Waals surface area contributed by atoms with Gasteiger partial charge in [0.15, 0.2) is 11.5 Å². The molecule has 0 amide bonds. The Morgan fingerprint density at radius 1 is 0.783 bits per heavy atom. The molecule has 5 heteroatoms. The zero-order valence-corrected chi connectivity index (χ0v) is 13.8. The first-order chi connectivity index (χ1) is 11.1. The van der Waals surface area contributed by atoms with E-state index in [1.165, 1.54) is 0 Å². The van der Waals surface area contributed by atoms with Gasteiger partial charge in [0, 0.05) is 11.3 Å². The van der Waals surface area contributed by atoms with E-state index in [1.54, 1.807) is 28.4 Å².